The summed E-state index contributed by atoms with van der Waals surface area (Å²) in [6, 6.07) is 3.84. The summed E-state index contributed by atoms with van der Waals surface area (Å²) in [7, 11) is 1.51. The summed E-state index contributed by atoms with van der Waals surface area (Å²) in [6.45, 7) is 0.261. The number of benzene rings is 1. The Morgan fingerprint density at radius 2 is 1.94 bits per heavy atom. The highest BCUT2D eigenvalue weighted by atomic mass is 19.4. The monoisotopic (exact) mass is 484 g/mol. The summed E-state index contributed by atoms with van der Waals surface area (Å²) < 4.78 is 69.6. The van der Waals surface area contributed by atoms with Crippen LogP contribution in [-0.2, 0) is 17.5 Å². The number of halogens is 5. The molecule has 2 aromatic rings. The van der Waals surface area contributed by atoms with Gasteiger partial charge in [0.2, 0.25) is 11.7 Å². The van der Waals surface area contributed by atoms with Gasteiger partial charge in [0.1, 0.15) is 5.92 Å². The molecule has 3 aliphatic rings. The van der Waals surface area contributed by atoms with Crippen molar-refractivity contribution in [2.45, 2.75) is 62.8 Å². The molecular weight excluding hydrogens is 463 g/mol. The molecule has 7 nitrogen and oxygen atoms in total. The lowest BCUT2D eigenvalue weighted by atomic mass is 9.88. The van der Waals surface area contributed by atoms with Crippen molar-refractivity contribution in [1.29, 1.82) is 0 Å². The molecule has 3 atom stereocenters. The molecule has 1 aromatic carbocycles. The maximum atomic E-state index is 13.5. The molecule has 0 spiro atoms. The first-order chi connectivity index (χ1) is 16.0. The van der Waals surface area contributed by atoms with Crippen LogP contribution in [0.15, 0.2) is 22.7 Å². The van der Waals surface area contributed by atoms with Crippen molar-refractivity contribution in [2.75, 3.05) is 7.05 Å². The van der Waals surface area contributed by atoms with E-state index in [0.29, 0.717) is 24.0 Å². The van der Waals surface area contributed by atoms with Gasteiger partial charge in [-0.15, -0.1) is 0 Å². The van der Waals surface area contributed by atoms with Crippen molar-refractivity contribution in [1.82, 2.24) is 19.9 Å². The summed E-state index contributed by atoms with van der Waals surface area (Å²) in [5.74, 6) is -6.96. The van der Waals surface area contributed by atoms with E-state index in [9.17, 15) is 31.5 Å². The fourth-order valence-electron chi connectivity index (χ4n) is 4.98. The smallest absolute Gasteiger partial charge is 0.340 e. The standard InChI is InChI=1S/C22H21F5N4O3/c1-30(19(33)14-9-21(14,23)24)15-4-2-3-5-16(15)31-10-12-7-6-11(8-13(12)18(31)32)17-28-20(34-29-17)22(25,26)27/h6-8,14-16H,2-5,9-10H2,1H3/t14?,15-,16-/m1/s1. The van der Waals surface area contributed by atoms with Crippen molar-refractivity contribution >= 4 is 11.8 Å². The van der Waals surface area contributed by atoms with Gasteiger partial charge in [-0.25, -0.2) is 8.78 Å². The van der Waals surface area contributed by atoms with Crippen LogP contribution in [0.5, 0.6) is 0 Å². The van der Waals surface area contributed by atoms with Crippen LogP contribution in [0, 0.1) is 5.92 Å². The number of hydrogen-bond acceptors (Lipinski definition) is 5. The molecule has 34 heavy (non-hydrogen) atoms. The second kappa shape index (κ2) is 7.74. The first-order valence-electron chi connectivity index (χ1n) is 11.0. The zero-order valence-electron chi connectivity index (χ0n) is 18.1. The molecule has 2 heterocycles. The molecule has 2 fully saturated rings. The second-order valence-electron chi connectivity index (χ2n) is 9.11. The zero-order chi connectivity index (χ0) is 24.4. The molecule has 0 radical (unpaired) electrons. The summed E-state index contributed by atoms with van der Waals surface area (Å²) >= 11 is 0. The van der Waals surface area contributed by atoms with Crippen LogP contribution in [0.1, 0.15) is 53.9 Å². The number of likely N-dealkylation sites (N-methyl/N-ethyl adjacent to an activating group) is 1. The van der Waals surface area contributed by atoms with Crippen LogP contribution in [0.2, 0.25) is 0 Å². The van der Waals surface area contributed by atoms with E-state index < -0.39 is 36.2 Å². The molecule has 1 aliphatic heterocycles. The van der Waals surface area contributed by atoms with E-state index in [1.165, 1.54) is 24.1 Å². The van der Waals surface area contributed by atoms with Crippen molar-refractivity contribution in [3.05, 3.63) is 35.2 Å². The Morgan fingerprint density at radius 1 is 1.24 bits per heavy atom. The predicted molar refractivity (Wildman–Crippen MR) is 106 cm³/mol. The Kier molecular flexibility index (Phi) is 5.17. The Morgan fingerprint density at radius 3 is 2.59 bits per heavy atom. The van der Waals surface area contributed by atoms with Crippen LogP contribution in [0.25, 0.3) is 11.4 Å². The summed E-state index contributed by atoms with van der Waals surface area (Å²) in [4.78, 5) is 32.3. The van der Waals surface area contributed by atoms with E-state index >= 15 is 0 Å². The quantitative estimate of drug-likeness (QED) is 0.610. The number of alkyl halides is 5. The average Bonchev–Trinajstić information content (AvgIpc) is 3.14. The maximum absolute atomic E-state index is 13.5. The van der Waals surface area contributed by atoms with Gasteiger partial charge in [0.25, 0.3) is 11.8 Å². The largest absolute Gasteiger partial charge is 0.471 e. The molecule has 0 saturated heterocycles. The van der Waals surface area contributed by atoms with Crippen molar-refractivity contribution < 1.29 is 36.1 Å². The third-order valence-corrected chi connectivity index (χ3v) is 6.93. The number of fused-ring (bicyclic) bond motifs is 1. The maximum Gasteiger partial charge on any atom is 0.471 e. The van der Waals surface area contributed by atoms with Gasteiger partial charge < -0.3 is 14.3 Å². The van der Waals surface area contributed by atoms with E-state index in [-0.39, 0.29) is 35.9 Å². The van der Waals surface area contributed by atoms with Crippen molar-refractivity contribution in [3.8, 4) is 11.4 Å². The van der Waals surface area contributed by atoms with Gasteiger partial charge >= 0.3 is 12.1 Å². The third-order valence-electron chi connectivity index (χ3n) is 6.93. The molecule has 5 rings (SSSR count). The molecular formula is C22H21F5N4O3. The number of amides is 2. The van der Waals surface area contributed by atoms with Gasteiger partial charge in [0.05, 0.1) is 12.1 Å². The number of rotatable bonds is 4. The van der Waals surface area contributed by atoms with Gasteiger partial charge in [-0.2, -0.15) is 18.2 Å². The molecule has 0 N–H and O–H groups in total. The number of hydrogen-bond donors (Lipinski definition) is 0. The Bertz CT molecular complexity index is 1150. The van der Waals surface area contributed by atoms with Gasteiger partial charge in [0, 0.05) is 31.1 Å². The third kappa shape index (κ3) is 3.82. The summed E-state index contributed by atoms with van der Waals surface area (Å²) in [6.07, 6.45) is -2.36. The SMILES string of the molecule is CN(C(=O)C1CC1(F)F)[C@@H]1CCCC[C@H]1N1Cc2ccc(-c3noc(C(F)(F)F)n3)cc2C1=O. The Hall–Kier alpha value is -3.05. The lowest BCUT2D eigenvalue weighted by Crippen LogP contribution is -2.54. The fourth-order valence-corrected chi connectivity index (χ4v) is 4.98. The molecule has 1 unspecified atom stereocenters. The summed E-state index contributed by atoms with van der Waals surface area (Å²) in [5, 5.41) is 3.36. The van der Waals surface area contributed by atoms with E-state index in [2.05, 4.69) is 14.7 Å². The van der Waals surface area contributed by atoms with Gasteiger partial charge in [-0.3, -0.25) is 9.59 Å². The predicted octanol–water partition coefficient (Wildman–Crippen LogP) is 4.14. The van der Waals surface area contributed by atoms with Crippen molar-refractivity contribution in [3.63, 3.8) is 0 Å². The molecule has 2 amide bonds. The minimum Gasteiger partial charge on any atom is -0.340 e. The second-order valence-corrected chi connectivity index (χ2v) is 9.11. The number of carbonyl (C=O) groups excluding carboxylic acids is 2. The van der Waals surface area contributed by atoms with Crippen LogP contribution in [0.3, 0.4) is 0 Å². The van der Waals surface area contributed by atoms with Crippen molar-refractivity contribution in [2.24, 2.45) is 5.92 Å². The highest BCUT2D eigenvalue weighted by molar-refractivity contribution is 5.99. The van der Waals surface area contributed by atoms with Crippen LogP contribution in [0.4, 0.5) is 22.0 Å². The van der Waals surface area contributed by atoms with E-state index in [4.69, 9.17) is 0 Å². The fraction of sp³-hybridized carbons (Fsp3) is 0.545. The zero-order valence-corrected chi connectivity index (χ0v) is 18.1. The first kappa shape index (κ1) is 22.7. The molecule has 2 aliphatic carbocycles. The molecule has 2 saturated carbocycles. The Balaban J connectivity index is 1.37. The average molecular weight is 484 g/mol. The van der Waals surface area contributed by atoms with Crippen LogP contribution in [-0.4, -0.2) is 56.8 Å². The highest BCUT2D eigenvalue weighted by Crippen LogP contribution is 2.50. The highest BCUT2D eigenvalue weighted by Gasteiger charge is 2.62. The topological polar surface area (TPSA) is 79.5 Å². The molecule has 0 bridgehead atoms. The van der Waals surface area contributed by atoms with Gasteiger partial charge in [-0.05, 0) is 24.5 Å². The van der Waals surface area contributed by atoms with Crippen LogP contribution < -0.4 is 0 Å². The number of nitrogens with zero attached hydrogens (tertiary/aromatic N) is 4. The van der Waals surface area contributed by atoms with Crippen LogP contribution >= 0.6 is 0 Å². The Labute approximate surface area is 190 Å². The van der Waals surface area contributed by atoms with E-state index in [1.54, 1.807) is 11.0 Å². The lowest BCUT2D eigenvalue weighted by Gasteiger charge is -2.42. The minimum absolute atomic E-state index is 0.205. The number of aromatic nitrogens is 2. The summed E-state index contributed by atoms with van der Waals surface area (Å²) in [5.41, 5.74) is 1.19. The lowest BCUT2D eigenvalue weighted by molar-refractivity contribution is -0.159. The van der Waals surface area contributed by atoms with E-state index in [1.807, 2.05) is 0 Å². The first-order valence-corrected chi connectivity index (χ1v) is 11.0. The molecule has 12 heteroatoms. The van der Waals surface area contributed by atoms with Gasteiger partial charge in [0.15, 0.2) is 0 Å². The van der Waals surface area contributed by atoms with E-state index in [0.717, 1.165) is 12.8 Å². The molecule has 182 valence electrons. The minimum atomic E-state index is -4.78. The molecule has 1 aromatic heterocycles. The van der Waals surface area contributed by atoms with Gasteiger partial charge in [-0.1, -0.05) is 30.1 Å². The number of carbonyl (C=O) groups is 2. The normalized spacial score (nSPS) is 25.9.